The summed E-state index contributed by atoms with van der Waals surface area (Å²) in [6.07, 6.45) is -0.230. The maximum absolute atomic E-state index is 12.0. The number of amides is 1. The van der Waals surface area contributed by atoms with Crippen molar-refractivity contribution in [3.63, 3.8) is 0 Å². The van der Waals surface area contributed by atoms with Gasteiger partial charge in [-0.1, -0.05) is 52.8 Å². The summed E-state index contributed by atoms with van der Waals surface area (Å²) >= 11 is 3.36. The molecule has 1 aliphatic heterocycles. The largest absolute Gasteiger partial charge is 0.445 e. The number of carbonyl (C=O) groups is 1. The second-order valence-corrected chi connectivity index (χ2v) is 5.94. The molecular formula is C15H19BrN2O2. The molecule has 20 heavy (non-hydrogen) atoms. The summed E-state index contributed by atoms with van der Waals surface area (Å²) in [5, 5.41) is 0. The standard InChI is InChI=1S/C15H19BrN2O2/c1-13(16)11-17-7-9-18(10-8-17)15(19)20-12-14-5-3-2-4-6-14/h2-6H,1,7-12H2. The summed E-state index contributed by atoms with van der Waals surface area (Å²) in [6, 6.07) is 9.73. The highest BCUT2D eigenvalue weighted by molar-refractivity contribution is 9.11. The van der Waals surface area contributed by atoms with Gasteiger partial charge in [0.2, 0.25) is 0 Å². The van der Waals surface area contributed by atoms with Gasteiger partial charge in [-0.3, -0.25) is 4.90 Å². The van der Waals surface area contributed by atoms with E-state index in [9.17, 15) is 4.79 Å². The van der Waals surface area contributed by atoms with Gasteiger partial charge in [-0.15, -0.1) is 0 Å². The van der Waals surface area contributed by atoms with E-state index in [4.69, 9.17) is 4.74 Å². The minimum absolute atomic E-state index is 0.230. The van der Waals surface area contributed by atoms with Gasteiger partial charge < -0.3 is 9.64 Å². The van der Waals surface area contributed by atoms with E-state index < -0.39 is 0 Å². The molecule has 0 atom stereocenters. The highest BCUT2D eigenvalue weighted by Gasteiger charge is 2.22. The van der Waals surface area contributed by atoms with E-state index in [-0.39, 0.29) is 6.09 Å². The number of hydrogen-bond donors (Lipinski definition) is 0. The van der Waals surface area contributed by atoms with Gasteiger partial charge in [0, 0.05) is 37.2 Å². The van der Waals surface area contributed by atoms with Crippen LogP contribution >= 0.6 is 15.9 Å². The third-order valence-corrected chi connectivity index (χ3v) is 3.48. The van der Waals surface area contributed by atoms with E-state index in [1.165, 1.54) is 0 Å². The molecule has 1 aromatic rings. The molecule has 2 rings (SSSR count). The topological polar surface area (TPSA) is 32.8 Å². The van der Waals surface area contributed by atoms with Crippen molar-refractivity contribution in [1.29, 1.82) is 0 Å². The Hall–Kier alpha value is -1.33. The van der Waals surface area contributed by atoms with Crippen LogP contribution in [0.5, 0.6) is 0 Å². The normalized spacial score (nSPS) is 15.9. The smallest absolute Gasteiger partial charge is 0.410 e. The second kappa shape index (κ2) is 7.45. The number of rotatable bonds is 4. The molecule has 0 bridgehead atoms. The molecule has 1 aliphatic rings. The Morgan fingerprint density at radius 2 is 1.85 bits per heavy atom. The van der Waals surface area contributed by atoms with Crippen LogP contribution in [-0.2, 0) is 11.3 Å². The number of ether oxygens (including phenoxy) is 1. The first-order valence-corrected chi connectivity index (χ1v) is 7.45. The maximum Gasteiger partial charge on any atom is 0.410 e. The molecule has 1 fully saturated rings. The molecule has 108 valence electrons. The minimum Gasteiger partial charge on any atom is -0.445 e. The molecule has 0 spiro atoms. The fourth-order valence-corrected chi connectivity index (χ4v) is 2.50. The van der Waals surface area contributed by atoms with Crippen LogP contribution in [0.4, 0.5) is 4.79 Å². The molecule has 1 amide bonds. The third kappa shape index (κ3) is 4.65. The molecule has 0 N–H and O–H groups in total. The zero-order valence-electron chi connectivity index (χ0n) is 11.4. The van der Waals surface area contributed by atoms with Crippen molar-refractivity contribution in [1.82, 2.24) is 9.80 Å². The summed E-state index contributed by atoms with van der Waals surface area (Å²) in [7, 11) is 0. The molecule has 1 aromatic carbocycles. The first-order chi connectivity index (χ1) is 9.65. The van der Waals surface area contributed by atoms with E-state index in [0.717, 1.165) is 29.7 Å². The minimum atomic E-state index is -0.230. The Morgan fingerprint density at radius 3 is 2.45 bits per heavy atom. The fraction of sp³-hybridized carbons (Fsp3) is 0.400. The summed E-state index contributed by atoms with van der Waals surface area (Å²) in [5.74, 6) is 0. The Kier molecular flexibility index (Phi) is 5.61. The van der Waals surface area contributed by atoms with Crippen LogP contribution in [0.15, 0.2) is 41.4 Å². The fourth-order valence-electron chi connectivity index (χ4n) is 2.14. The second-order valence-electron chi connectivity index (χ2n) is 4.82. The average molecular weight is 339 g/mol. The van der Waals surface area contributed by atoms with Gasteiger partial charge in [0.05, 0.1) is 0 Å². The zero-order chi connectivity index (χ0) is 14.4. The van der Waals surface area contributed by atoms with Crippen LogP contribution in [0.25, 0.3) is 0 Å². The van der Waals surface area contributed by atoms with Crippen LogP contribution in [0, 0.1) is 0 Å². The monoisotopic (exact) mass is 338 g/mol. The lowest BCUT2D eigenvalue weighted by Gasteiger charge is -2.33. The van der Waals surface area contributed by atoms with Crippen molar-refractivity contribution in [2.75, 3.05) is 32.7 Å². The molecule has 1 heterocycles. The molecular weight excluding hydrogens is 320 g/mol. The number of benzene rings is 1. The van der Waals surface area contributed by atoms with Gasteiger partial charge >= 0.3 is 6.09 Å². The number of carbonyl (C=O) groups excluding carboxylic acids is 1. The summed E-state index contributed by atoms with van der Waals surface area (Å²) in [5.41, 5.74) is 1.01. The molecule has 1 saturated heterocycles. The quantitative estimate of drug-likeness (QED) is 0.846. The Labute approximate surface area is 128 Å². The van der Waals surface area contributed by atoms with E-state index in [1.54, 1.807) is 4.90 Å². The van der Waals surface area contributed by atoms with Gasteiger partial charge in [0.1, 0.15) is 6.61 Å². The first kappa shape index (κ1) is 15.1. The van der Waals surface area contributed by atoms with Crippen molar-refractivity contribution >= 4 is 22.0 Å². The molecule has 0 unspecified atom stereocenters. The Morgan fingerprint density at radius 1 is 1.20 bits per heavy atom. The third-order valence-electron chi connectivity index (χ3n) is 3.23. The van der Waals surface area contributed by atoms with Gasteiger partial charge in [0.25, 0.3) is 0 Å². The van der Waals surface area contributed by atoms with Crippen LogP contribution < -0.4 is 0 Å². The SMILES string of the molecule is C=C(Br)CN1CCN(C(=O)OCc2ccccc2)CC1. The van der Waals surface area contributed by atoms with Crippen molar-refractivity contribution in [2.45, 2.75) is 6.61 Å². The zero-order valence-corrected chi connectivity index (χ0v) is 13.0. The number of piperazine rings is 1. The number of halogens is 1. The Bertz CT molecular complexity index is 456. The highest BCUT2D eigenvalue weighted by Crippen LogP contribution is 2.10. The van der Waals surface area contributed by atoms with Crippen molar-refractivity contribution in [2.24, 2.45) is 0 Å². The lowest BCUT2D eigenvalue weighted by molar-refractivity contribution is 0.0740. The highest BCUT2D eigenvalue weighted by atomic mass is 79.9. The lowest BCUT2D eigenvalue weighted by atomic mass is 10.2. The molecule has 0 aliphatic carbocycles. The predicted molar refractivity (Wildman–Crippen MR) is 82.7 cm³/mol. The predicted octanol–water partition coefficient (Wildman–Crippen LogP) is 2.85. The van der Waals surface area contributed by atoms with Crippen LogP contribution in [0.3, 0.4) is 0 Å². The van der Waals surface area contributed by atoms with Crippen molar-refractivity contribution < 1.29 is 9.53 Å². The van der Waals surface area contributed by atoms with Gasteiger partial charge in [-0.05, 0) is 5.56 Å². The van der Waals surface area contributed by atoms with Crippen molar-refractivity contribution in [3.8, 4) is 0 Å². The van der Waals surface area contributed by atoms with Crippen molar-refractivity contribution in [3.05, 3.63) is 47.0 Å². The molecule has 5 heteroatoms. The number of hydrogen-bond acceptors (Lipinski definition) is 3. The molecule has 0 saturated carbocycles. The molecule has 4 nitrogen and oxygen atoms in total. The summed E-state index contributed by atoms with van der Waals surface area (Å²) in [6.45, 7) is 8.10. The van der Waals surface area contributed by atoms with E-state index in [1.807, 2.05) is 30.3 Å². The summed E-state index contributed by atoms with van der Waals surface area (Å²) in [4.78, 5) is 16.0. The van der Waals surface area contributed by atoms with Gasteiger partial charge in [0.15, 0.2) is 0 Å². The number of nitrogens with zero attached hydrogens (tertiary/aromatic N) is 2. The van der Waals surface area contributed by atoms with Crippen LogP contribution in [0.1, 0.15) is 5.56 Å². The summed E-state index contributed by atoms with van der Waals surface area (Å²) < 4.78 is 6.30. The molecule has 0 radical (unpaired) electrons. The first-order valence-electron chi connectivity index (χ1n) is 6.66. The van der Waals surface area contributed by atoms with E-state index in [0.29, 0.717) is 19.7 Å². The van der Waals surface area contributed by atoms with E-state index in [2.05, 4.69) is 27.4 Å². The molecule has 0 aromatic heterocycles. The Balaban J connectivity index is 1.73. The maximum atomic E-state index is 12.0. The van der Waals surface area contributed by atoms with Crippen LogP contribution in [-0.4, -0.2) is 48.6 Å². The van der Waals surface area contributed by atoms with E-state index >= 15 is 0 Å². The lowest BCUT2D eigenvalue weighted by Crippen LogP contribution is -2.48. The van der Waals surface area contributed by atoms with Crippen LogP contribution in [0.2, 0.25) is 0 Å². The van der Waals surface area contributed by atoms with Gasteiger partial charge in [-0.25, -0.2) is 4.79 Å². The average Bonchev–Trinajstić information content (AvgIpc) is 2.46. The van der Waals surface area contributed by atoms with Gasteiger partial charge in [-0.2, -0.15) is 0 Å².